The first kappa shape index (κ1) is 13.8. The first-order valence-electron chi connectivity index (χ1n) is 8.88. The van der Waals surface area contributed by atoms with Crippen molar-refractivity contribution in [3.63, 3.8) is 0 Å². The highest BCUT2D eigenvalue weighted by molar-refractivity contribution is 5.01. The van der Waals surface area contributed by atoms with Crippen LogP contribution < -0.4 is 5.32 Å². The minimum absolute atomic E-state index is 0.673. The zero-order valence-corrected chi connectivity index (χ0v) is 13.0. The van der Waals surface area contributed by atoms with Gasteiger partial charge in [-0.15, -0.1) is 0 Å². The smallest absolute Gasteiger partial charge is 0.0764 e. The second-order valence-corrected chi connectivity index (χ2v) is 7.21. The molecule has 0 radical (unpaired) electrons. The molecule has 4 nitrogen and oxygen atoms in total. The Morgan fingerprint density at radius 3 is 2.95 bits per heavy atom. The van der Waals surface area contributed by atoms with Crippen molar-refractivity contribution in [2.45, 2.75) is 63.6 Å². The Morgan fingerprint density at radius 2 is 2.05 bits per heavy atom. The highest BCUT2D eigenvalue weighted by Gasteiger charge is 2.31. The largest absolute Gasteiger partial charge is 0.314 e. The molecule has 2 atom stereocenters. The van der Waals surface area contributed by atoms with Gasteiger partial charge in [0.25, 0.3) is 0 Å². The van der Waals surface area contributed by atoms with E-state index in [1.165, 1.54) is 70.3 Å². The summed E-state index contributed by atoms with van der Waals surface area (Å²) in [5, 5.41) is 8.55. The summed E-state index contributed by atoms with van der Waals surface area (Å²) in [6.45, 7) is 4.76. The van der Waals surface area contributed by atoms with Crippen molar-refractivity contribution >= 4 is 0 Å². The lowest BCUT2D eigenvalue weighted by Crippen LogP contribution is -2.51. The fourth-order valence-corrected chi connectivity index (χ4v) is 4.53. The van der Waals surface area contributed by atoms with Gasteiger partial charge in [-0.3, -0.25) is 9.58 Å². The van der Waals surface area contributed by atoms with Gasteiger partial charge >= 0.3 is 0 Å². The van der Waals surface area contributed by atoms with Crippen molar-refractivity contribution in [3.8, 4) is 0 Å². The van der Waals surface area contributed by atoms with Gasteiger partial charge in [-0.05, 0) is 50.6 Å². The van der Waals surface area contributed by atoms with Crippen LogP contribution in [0, 0.1) is 5.92 Å². The summed E-state index contributed by atoms with van der Waals surface area (Å²) in [7, 11) is 0. The van der Waals surface area contributed by atoms with Crippen molar-refractivity contribution < 1.29 is 0 Å². The Morgan fingerprint density at radius 1 is 1.14 bits per heavy atom. The van der Waals surface area contributed by atoms with Crippen LogP contribution in [0.5, 0.6) is 0 Å². The molecule has 1 N–H and O–H groups in total. The zero-order chi connectivity index (χ0) is 14.1. The molecule has 0 spiro atoms. The Labute approximate surface area is 127 Å². The van der Waals surface area contributed by atoms with Crippen molar-refractivity contribution in [3.05, 3.63) is 18.0 Å². The van der Waals surface area contributed by atoms with Crippen LogP contribution in [-0.2, 0) is 6.54 Å². The third kappa shape index (κ3) is 3.02. The van der Waals surface area contributed by atoms with E-state index in [1.54, 1.807) is 0 Å². The van der Waals surface area contributed by atoms with Crippen molar-refractivity contribution in [1.82, 2.24) is 20.0 Å². The van der Waals surface area contributed by atoms with Crippen LogP contribution >= 0.6 is 0 Å². The van der Waals surface area contributed by atoms with E-state index < -0.39 is 0 Å². The molecule has 21 heavy (non-hydrogen) atoms. The highest BCUT2D eigenvalue weighted by Crippen LogP contribution is 2.29. The van der Waals surface area contributed by atoms with Crippen molar-refractivity contribution in [2.24, 2.45) is 5.92 Å². The van der Waals surface area contributed by atoms with E-state index in [0.717, 1.165) is 18.5 Å². The summed E-state index contributed by atoms with van der Waals surface area (Å²) in [5.41, 5.74) is 1.27. The summed E-state index contributed by atoms with van der Waals surface area (Å²) in [6, 6.07) is 3.70. The van der Waals surface area contributed by atoms with Gasteiger partial charge in [-0.25, -0.2) is 0 Å². The predicted molar refractivity (Wildman–Crippen MR) is 84.1 cm³/mol. The monoisotopic (exact) mass is 288 g/mol. The van der Waals surface area contributed by atoms with E-state index >= 15 is 0 Å². The number of hydrogen-bond donors (Lipinski definition) is 1. The van der Waals surface area contributed by atoms with Gasteiger partial charge in [-0.1, -0.05) is 12.8 Å². The zero-order valence-electron chi connectivity index (χ0n) is 13.0. The highest BCUT2D eigenvalue weighted by atomic mass is 15.3. The molecule has 116 valence electrons. The number of hydrogen-bond acceptors (Lipinski definition) is 3. The van der Waals surface area contributed by atoms with E-state index in [9.17, 15) is 0 Å². The minimum Gasteiger partial charge on any atom is -0.314 e. The van der Waals surface area contributed by atoms with E-state index in [2.05, 4.69) is 27.2 Å². The number of nitrogens with zero attached hydrogens (tertiary/aromatic N) is 3. The fraction of sp³-hybridized carbons (Fsp3) is 0.824. The van der Waals surface area contributed by atoms with Crippen LogP contribution in [0.25, 0.3) is 0 Å². The topological polar surface area (TPSA) is 33.1 Å². The lowest BCUT2D eigenvalue weighted by molar-refractivity contribution is 0.107. The predicted octanol–water partition coefficient (Wildman–Crippen LogP) is 2.57. The van der Waals surface area contributed by atoms with Crippen LogP contribution in [0.1, 0.15) is 56.7 Å². The Balaban J connectivity index is 1.35. The average molecular weight is 288 g/mol. The van der Waals surface area contributed by atoms with Gasteiger partial charge in [0.15, 0.2) is 0 Å². The third-order valence-corrected chi connectivity index (χ3v) is 5.72. The fourth-order valence-electron chi connectivity index (χ4n) is 4.53. The van der Waals surface area contributed by atoms with E-state index in [-0.39, 0.29) is 0 Å². The van der Waals surface area contributed by atoms with Gasteiger partial charge < -0.3 is 5.32 Å². The average Bonchev–Trinajstić information content (AvgIpc) is 3.18. The first-order valence-corrected chi connectivity index (χ1v) is 8.88. The molecule has 0 amide bonds. The maximum Gasteiger partial charge on any atom is 0.0764 e. The number of piperidine rings is 2. The van der Waals surface area contributed by atoms with Crippen LogP contribution in [0.15, 0.2) is 12.3 Å². The molecular formula is C17H28N4. The molecule has 4 heteroatoms. The van der Waals surface area contributed by atoms with Crippen LogP contribution in [0.2, 0.25) is 0 Å². The Hall–Kier alpha value is -0.870. The van der Waals surface area contributed by atoms with Crippen LogP contribution in [0.4, 0.5) is 0 Å². The molecule has 0 aromatic carbocycles. The molecule has 3 heterocycles. The van der Waals surface area contributed by atoms with Gasteiger partial charge in [0.05, 0.1) is 11.7 Å². The first-order chi connectivity index (χ1) is 10.4. The number of likely N-dealkylation sites (tertiary alicyclic amines) is 1. The number of fused-ring (bicyclic) bond motifs is 1. The second-order valence-electron chi connectivity index (χ2n) is 7.21. The third-order valence-electron chi connectivity index (χ3n) is 5.72. The SMILES string of the molecule is c1cn(C2CCCC2)nc1CN1CCC2NCCCC2C1. The lowest BCUT2D eigenvalue weighted by atomic mass is 9.85. The molecule has 2 saturated heterocycles. The second kappa shape index (κ2) is 6.09. The molecule has 1 aromatic rings. The van der Waals surface area contributed by atoms with Crippen LogP contribution in [-0.4, -0.2) is 40.4 Å². The summed E-state index contributed by atoms with van der Waals surface area (Å²) in [6.07, 6.45) is 11.7. The van der Waals surface area contributed by atoms with Gasteiger partial charge in [0.1, 0.15) is 0 Å². The lowest BCUT2D eigenvalue weighted by Gasteiger charge is -2.41. The van der Waals surface area contributed by atoms with E-state index in [1.807, 2.05) is 0 Å². The number of aromatic nitrogens is 2. The van der Waals surface area contributed by atoms with Gasteiger partial charge in [-0.2, -0.15) is 5.10 Å². The summed E-state index contributed by atoms with van der Waals surface area (Å²) in [5.74, 6) is 0.865. The molecule has 3 aliphatic rings. The van der Waals surface area contributed by atoms with Crippen molar-refractivity contribution in [2.75, 3.05) is 19.6 Å². The minimum atomic E-state index is 0.673. The maximum absolute atomic E-state index is 4.85. The molecule has 1 aliphatic carbocycles. The number of rotatable bonds is 3. The quantitative estimate of drug-likeness (QED) is 0.928. The number of nitrogens with one attached hydrogen (secondary N) is 1. The molecule has 2 aliphatic heterocycles. The molecule has 1 aromatic heterocycles. The Kier molecular flexibility index (Phi) is 3.99. The molecule has 3 fully saturated rings. The van der Waals surface area contributed by atoms with E-state index in [0.29, 0.717) is 6.04 Å². The maximum atomic E-state index is 4.85. The molecule has 0 bridgehead atoms. The van der Waals surface area contributed by atoms with Gasteiger partial charge in [0, 0.05) is 31.9 Å². The standard InChI is InChI=1S/C17H28N4/c1-2-6-16(5-1)21-11-7-15(19-21)13-20-10-8-17-14(12-20)4-3-9-18-17/h7,11,14,16-18H,1-6,8-10,12-13H2. The van der Waals surface area contributed by atoms with Gasteiger partial charge in [0.2, 0.25) is 0 Å². The summed E-state index contributed by atoms with van der Waals surface area (Å²) >= 11 is 0. The molecular weight excluding hydrogens is 260 g/mol. The molecule has 4 rings (SSSR count). The Bertz CT molecular complexity index is 463. The summed E-state index contributed by atoms with van der Waals surface area (Å²) < 4.78 is 2.23. The summed E-state index contributed by atoms with van der Waals surface area (Å²) in [4.78, 5) is 2.62. The van der Waals surface area contributed by atoms with E-state index in [4.69, 9.17) is 5.10 Å². The van der Waals surface area contributed by atoms with Crippen molar-refractivity contribution in [1.29, 1.82) is 0 Å². The normalized spacial score (nSPS) is 31.4. The molecule has 1 saturated carbocycles. The molecule has 2 unspecified atom stereocenters. The van der Waals surface area contributed by atoms with Crippen LogP contribution in [0.3, 0.4) is 0 Å².